The molecule has 1 aliphatic rings. The third-order valence-corrected chi connectivity index (χ3v) is 6.85. The molecule has 2 heterocycles. The number of fused-ring (bicyclic) bond motifs is 1. The van der Waals surface area contributed by atoms with Gasteiger partial charge in [-0.05, 0) is 60.2 Å². The summed E-state index contributed by atoms with van der Waals surface area (Å²) in [5.74, 6) is -0.604. The summed E-state index contributed by atoms with van der Waals surface area (Å²) in [5.41, 5.74) is 9.33. The number of rotatable bonds is 6. The fraction of sp³-hybridized carbons (Fsp3) is 0.214. The number of hydrogen-bond donors (Lipinski definition) is 4. The van der Waals surface area contributed by atoms with Crippen LogP contribution >= 0.6 is 31.9 Å². The van der Waals surface area contributed by atoms with E-state index in [1.807, 2.05) is 30.3 Å². The van der Waals surface area contributed by atoms with Crippen molar-refractivity contribution in [2.45, 2.75) is 13.5 Å². The fourth-order valence-electron chi connectivity index (χ4n) is 4.06. The maximum atomic E-state index is 11.6. The molecule has 208 valence electrons. The van der Waals surface area contributed by atoms with Gasteiger partial charge in [-0.1, -0.05) is 31.9 Å². The van der Waals surface area contributed by atoms with Gasteiger partial charge in [-0.25, -0.2) is 14.8 Å². The maximum Gasteiger partial charge on any atom is 0.337 e. The highest BCUT2D eigenvalue weighted by Gasteiger charge is 2.13. The zero-order valence-corrected chi connectivity index (χ0v) is 24.8. The number of nitrogen functional groups attached to an aromatic ring is 1. The van der Waals surface area contributed by atoms with Crippen LogP contribution in [0.25, 0.3) is 10.9 Å². The Morgan fingerprint density at radius 1 is 1.02 bits per heavy atom. The molecule has 3 aromatic carbocycles. The molecule has 5 N–H and O–H groups in total. The van der Waals surface area contributed by atoms with Crippen LogP contribution in [0.5, 0.6) is 0 Å². The number of ether oxygens (including phenoxy) is 1. The topological polar surface area (TPSA) is 143 Å². The van der Waals surface area contributed by atoms with Crippen LogP contribution in [-0.4, -0.2) is 58.2 Å². The second-order valence-electron chi connectivity index (χ2n) is 9.05. The number of hydrogen-bond acceptors (Lipinski definition) is 8. The molecule has 0 saturated carbocycles. The van der Waals surface area contributed by atoms with E-state index in [2.05, 4.69) is 63.4 Å². The van der Waals surface area contributed by atoms with E-state index >= 15 is 0 Å². The minimum atomic E-state index is -1.01. The first-order chi connectivity index (χ1) is 19.2. The minimum Gasteiger partial charge on any atom is -0.478 e. The molecule has 1 saturated heterocycles. The number of nitrogens with two attached hydrogens (primary N) is 1. The number of carboxylic acid groups (broad SMARTS) is 1. The van der Waals surface area contributed by atoms with Crippen LogP contribution in [0.15, 0.2) is 69.7 Å². The molecule has 12 heteroatoms. The van der Waals surface area contributed by atoms with Crippen molar-refractivity contribution in [2.24, 2.45) is 0 Å². The number of carbonyl (C=O) groups excluding carboxylic acids is 1. The van der Waals surface area contributed by atoms with Crippen molar-refractivity contribution in [3.8, 4) is 0 Å². The Bertz CT molecular complexity index is 1530. The van der Waals surface area contributed by atoms with Crippen LogP contribution in [0.2, 0.25) is 0 Å². The highest BCUT2D eigenvalue weighted by molar-refractivity contribution is 9.10. The van der Waals surface area contributed by atoms with Crippen LogP contribution in [-0.2, 0) is 16.1 Å². The van der Waals surface area contributed by atoms with Gasteiger partial charge in [-0.2, -0.15) is 0 Å². The van der Waals surface area contributed by atoms with E-state index < -0.39 is 5.97 Å². The zero-order valence-electron chi connectivity index (χ0n) is 21.7. The molecule has 1 fully saturated rings. The number of morpholine rings is 1. The van der Waals surface area contributed by atoms with Gasteiger partial charge in [0.1, 0.15) is 0 Å². The van der Waals surface area contributed by atoms with Crippen molar-refractivity contribution < 1.29 is 19.4 Å². The summed E-state index contributed by atoms with van der Waals surface area (Å²) >= 11 is 6.61. The quantitative estimate of drug-likeness (QED) is 0.191. The minimum absolute atomic E-state index is 0.105. The molecule has 40 heavy (non-hydrogen) atoms. The van der Waals surface area contributed by atoms with Gasteiger partial charge in [-0.3, -0.25) is 9.69 Å². The summed E-state index contributed by atoms with van der Waals surface area (Å²) in [5, 5.41) is 15.7. The monoisotopic (exact) mass is 670 g/mol. The summed E-state index contributed by atoms with van der Waals surface area (Å²) < 4.78 is 7.13. The molecule has 0 radical (unpaired) electrons. The summed E-state index contributed by atoms with van der Waals surface area (Å²) in [4.78, 5) is 33.4. The normalized spacial score (nSPS) is 13.3. The van der Waals surface area contributed by atoms with Gasteiger partial charge in [0, 0.05) is 64.1 Å². The van der Waals surface area contributed by atoms with Gasteiger partial charge >= 0.3 is 5.97 Å². The number of nitrogens with one attached hydrogen (secondary N) is 2. The van der Waals surface area contributed by atoms with Gasteiger partial charge in [-0.15, -0.1) is 0 Å². The van der Waals surface area contributed by atoms with Crippen LogP contribution < -0.4 is 16.4 Å². The van der Waals surface area contributed by atoms with Crippen molar-refractivity contribution in [2.75, 3.05) is 42.7 Å². The predicted molar refractivity (Wildman–Crippen MR) is 163 cm³/mol. The third-order valence-electron chi connectivity index (χ3n) is 5.87. The number of carboxylic acids is 1. The molecule has 1 amide bonds. The molecule has 4 aromatic rings. The van der Waals surface area contributed by atoms with Gasteiger partial charge < -0.3 is 26.2 Å². The molecule has 0 unspecified atom stereocenters. The molecule has 5 rings (SSSR count). The summed E-state index contributed by atoms with van der Waals surface area (Å²) in [6.45, 7) is 5.59. The molecule has 1 aromatic heterocycles. The van der Waals surface area contributed by atoms with Gasteiger partial charge in [0.25, 0.3) is 0 Å². The molecule has 10 nitrogen and oxygen atoms in total. The SMILES string of the molecule is CC(=O)Nc1cc(CN2CCOCC2)cc(Nc2ncc3cc(Br)ccc3n2)c1.Nc1ccc(Br)cc1C(=O)O. The number of amides is 1. The van der Waals surface area contributed by atoms with E-state index in [-0.39, 0.29) is 17.2 Å². The Hall–Kier alpha value is -3.58. The lowest BCUT2D eigenvalue weighted by molar-refractivity contribution is -0.114. The smallest absolute Gasteiger partial charge is 0.337 e. The second kappa shape index (κ2) is 13.7. The largest absolute Gasteiger partial charge is 0.478 e. The lowest BCUT2D eigenvalue weighted by Crippen LogP contribution is -2.35. The average Bonchev–Trinajstić information content (AvgIpc) is 2.90. The van der Waals surface area contributed by atoms with E-state index in [0.29, 0.717) is 10.4 Å². The maximum absolute atomic E-state index is 11.6. The van der Waals surface area contributed by atoms with E-state index in [0.717, 1.165) is 65.2 Å². The first kappa shape index (κ1) is 29.4. The van der Waals surface area contributed by atoms with Crippen molar-refractivity contribution >= 4 is 77.6 Å². The van der Waals surface area contributed by atoms with Gasteiger partial charge in [0.05, 0.1) is 24.3 Å². The number of nitrogens with zero attached hydrogens (tertiary/aromatic N) is 3. The first-order valence-electron chi connectivity index (χ1n) is 12.4. The van der Waals surface area contributed by atoms with E-state index in [1.54, 1.807) is 18.3 Å². The number of anilines is 4. The highest BCUT2D eigenvalue weighted by Crippen LogP contribution is 2.25. The Morgan fingerprint density at radius 2 is 1.73 bits per heavy atom. The predicted octanol–water partition coefficient (Wildman–Crippen LogP) is 5.66. The summed E-state index contributed by atoms with van der Waals surface area (Å²) in [6, 6.07) is 16.6. The standard InChI is InChI=1S/C21H22BrN5O2.C7H6BrNO2/c1-14(28)24-18-8-15(13-27-4-6-29-7-5-27)9-19(11-18)25-21-23-12-16-10-17(22)2-3-20(16)26-21;8-4-1-2-6(9)5(3-4)7(10)11/h2-3,8-12H,4-7,13H2,1H3,(H,24,28)(H,23,25,26);1-3H,9H2,(H,10,11). The van der Waals surface area contributed by atoms with Crippen LogP contribution in [0, 0.1) is 0 Å². The number of carbonyl (C=O) groups is 2. The summed E-state index contributed by atoms with van der Waals surface area (Å²) in [6.07, 6.45) is 1.79. The van der Waals surface area contributed by atoms with Crippen molar-refractivity contribution in [1.82, 2.24) is 14.9 Å². The van der Waals surface area contributed by atoms with Gasteiger partial charge in [0.15, 0.2) is 0 Å². The molecule has 1 aliphatic heterocycles. The average molecular weight is 672 g/mol. The number of aromatic nitrogens is 2. The molecular weight excluding hydrogens is 644 g/mol. The third kappa shape index (κ3) is 8.46. The number of benzene rings is 3. The number of aromatic carboxylic acids is 1. The van der Waals surface area contributed by atoms with E-state index in [9.17, 15) is 9.59 Å². The Morgan fingerprint density at radius 3 is 2.42 bits per heavy atom. The van der Waals surface area contributed by atoms with E-state index in [4.69, 9.17) is 15.6 Å². The lowest BCUT2D eigenvalue weighted by atomic mass is 10.1. The fourth-order valence-corrected chi connectivity index (χ4v) is 4.80. The van der Waals surface area contributed by atoms with Crippen LogP contribution in [0.3, 0.4) is 0 Å². The Labute approximate surface area is 248 Å². The van der Waals surface area contributed by atoms with E-state index in [1.165, 1.54) is 13.0 Å². The summed E-state index contributed by atoms with van der Waals surface area (Å²) in [7, 11) is 0. The Kier molecular flexibility index (Phi) is 10.0. The molecule has 0 bridgehead atoms. The number of halogens is 2. The second-order valence-corrected chi connectivity index (χ2v) is 10.9. The molecule has 0 spiro atoms. The molecule has 0 atom stereocenters. The van der Waals surface area contributed by atoms with Crippen molar-refractivity contribution in [3.63, 3.8) is 0 Å². The van der Waals surface area contributed by atoms with Gasteiger partial charge in [0.2, 0.25) is 11.9 Å². The van der Waals surface area contributed by atoms with Crippen LogP contribution in [0.4, 0.5) is 23.0 Å². The Balaban J connectivity index is 0.000000283. The van der Waals surface area contributed by atoms with Crippen LogP contribution in [0.1, 0.15) is 22.8 Å². The molecule has 0 aliphatic carbocycles. The first-order valence-corrected chi connectivity index (χ1v) is 13.9. The highest BCUT2D eigenvalue weighted by atomic mass is 79.9. The zero-order chi connectivity index (χ0) is 28.6. The van der Waals surface area contributed by atoms with Crippen molar-refractivity contribution in [1.29, 1.82) is 0 Å². The van der Waals surface area contributed by atoms with Crippen molar-refractivity contribution in [3.05, 3.63) is 80.9 Å². The lowest BCUT2D eigenvalue weighted by Gasteiger charge is -2.27. The molecular formula is C28H28Br2N6O4.